The standard InChI is InChI=1S/C17H19FN2O3S/c1-13-5-4-8-17(19-13)23-15-9-10-20(11-15)24(21,22)12-14-6-2-3-7-16(14)18/h2-8,15H,9-12H2,1H3. The highest BCUT2D eigenvalue weighted by molar-refractivity contribution is 7.88. The van der Waals surface area contributed by atoms with Crippen LogP contribution in [-0.2, 0) is 15.8 Å². The van der Waals surface area contributed by atoms with Crippen molar-refractivity contribution in [2.24, 2.45) is 0 Å². The normalized spacial score (nSPS) is 18.7. The summed E-state index contributed by atoms with van der Waals surface area (Å²) in [5, 5.41) is 0. The van der Waals surface area contributed by atoms with Gasteiger partial charge in [-0.25, -0.2) is 17.8 Å². The van der Waals surface area contributed by atoms with Gasteiger partial charge in [0.1, 0.15) is 11.9 Å². The summed E-state index contributed by atoms with van der Waals surface area (Å²) < 4.78 is 45.8. The van der Waals surface area contributed by atoms with E-state index in [2.05, 4.69) is 4.98 Å². The predicted molar refractivity (Wildman–Crippen MR) is 88.6 cm³/mol. The van der Waals surface area contributed by atoms with Crippen LogP contribution in [0, 0.1) is 12.7 Å². The molecule has 5 nitrogen and oxygen atoms in total. The van der Waals surface area contributed by atoms with Gasteiger partial charge in [-0.15, -0.1) is 0 Å². The van der Waals surface area contributed by atoms with Gasteiger partial charge in [-0.05, 0) is 25.5 Å². The van der Waals surface area contributed by atoms with Crippen molar-refractivity contribution in [1.82, 2.24) is 9.29 Å². The lowest BCUT2D eigenvalue weighted by molar-refractivity contribution is 0.206. The van der Waals surface area contributed by atoms with E-state index in [1.54, 1.807) is 18.2 Å². The summed E-state index contributed by atoms with van der Waals surface area (Å²) in [7, 11) is -3.58. The Balaban J connectivity index is 1.65. The summed E-state index contributed by atoms with van der Waals surface area (Å²) >= 11 is 0. The summed E-state index contributed by atoms with van der Waals surface area (Å²) in [6.07, 6.45) is 0.348. The topological polar surface area (TPSA) is 59.5 Å². The first kappa shape index (κ1) is 16.9. The molecule has 0 bridgehead atoms. The van der Waals surface area contributed by atoms with E-state index in [4.69, 9.17) is 4.74 Å². The van der Waals surface area contributed by atoms with Crippen LogP contribution in [0.1, 0.15) is 17.7 Å². The number of hydrogen-bond donors (Lipinski definition) is 0. The maximum Gasteiger partial charge on any atom is 0.218 e. The van der Waals surface area contributed by atoms with E-state index in [0.717, 1.165) is 5.69 Å². The van der Waals surface area contributed by atoms with Crippen LogP contribution < -0.4 is 4.74 Å². The monoisotopic (exact) mass is 350 g/mol. The molecule has 2 heterocycles. The number of ether oxygens (including phenoxy) is 1. The number of rotatable bonds is 5. The molecule has 7 heteroatoms. The first-order chi connectivity index (χ1) is 11.4. The van der Waals surface area contributed by atoms with Gasteiger partial charge >= 0.3 is 0 Å². The van der Waals surface area contributed by atoms with Crippen LogP contribution >= 0.6 is 0 Å². The SMILES string of the molecule is Cc1cccc(OC2CCN(S(=O)(=O)Cc3ccccc3F)C2)n1. The van der Waals surface area contributed by atoms with Crippen molar-refractivity contribution in [3.8, 4) is 5.88 Å². The second kappa shape index (κ2) is 6.86. The van der Waals surface area contributed by atoms with Crippen LogP contribution in [0.3, 0.4) is 0 Å². The molecule has 1 aliphatic heterocycles. The quantitative estimate of drug-likeness (QED) is 0.831. The highest BCUT2D eigenvalue weighted by Gasteiger charge is 2.33. The van der Waals surface area contributed by atoms with Gasteiger partial charge in [0.25, 0.3) is 0 Å². The van der Waals surface area contributed by atoms with Crippen molar-refractivity contribution >= 4 is 10.0 Å². The molecule has 0 aliphatic carbocycles. The van der Waals surface area contributed by atoms with E-state index in [1.165, 1.54) is 16.4 Å². The molecular formula is C17H19FN2O3S. The van der Waals surface area contributed by atoms with Gasteiger partial charge in [0.15, 0.2) is 0 Å². The number of nitrogens with zero attached hydrogens (tertiary/aromatic N) is 2. The minimum Gasteiger partial charge on any atom is -0.473 e. The van der Waals surface area contributed by atoms with Gasteiger partial charge in [-0.1, -0.05) is 24.3 Å². The third-order valence-electron chi connectivity index (χ3n) is 3.95. The zero-order valence-corrected chi connectivity index (χ0v) is 14.2. The number of aryl methyl sites for hydroxylation is 1. The molecular weight excluding hydrogens is 331 g/mol. The molecule has 1 atom stereocenters. The minimum atomic E-state index is -3.58. The summed E-state index contributed by atoms with van der Waals surface area (Å²) in [5.74, 6) is -0.347. The van der Waals surface area contributed by atoms with Crippen LogP contribution in [0.4, 0.5) is 4.39 Å². The zero-order chi connectivity index (χ0) is 17.2. The average Bonchev–Trinajstić information content (AvgIpc) is 2.99. The van der Waals surface area contributed by atoms with E-state index in [1.807, 2.05) is 19.1 Å². The van der Waals surface area contributed by atoms with Gasteiger partial charge < -0.3 is 4.74 Å². The Morgan fingerprint density at radius 2 is 2.04 bits per heavy atom. The maximum atomic E-state index is 13.7. The molecule has 0 amide bonds. The summed E-state index contributed by atoms with van der Waals surface area (Å²) in [6, 6.07) is 11.4. The molecule has 0 saturated carbocycles. The fraction of sp³-hybridized carbons (Fsp3) is 0.353. The molecule has 1 unspecified atom stereocenters. The molecule has 0 N–H and O–H groups in total. The first-order valence-corrected chi connectivity index (χ1v) is 9.36. The maximum absolute atomic E-state index is 13.7. The van der Waals surface area contributed by atoms with E-state index in [-0.39, 0.29) is 24.0 Å². The molecule has 1 aliphatic rings. The summed E-state index contributed by atoms with van der Waals surface area (Å²) in [5.41, 5.74) is 1.02. The molecule has 2 aromatic rings. The smallest absolute Gasteiger partial charge is 0.218 e. The van der Waals surface area contributed by atoms with Gasteiger partial charge in [-0.3, -0.25) is 0 Å². The number of halogens is 1. The second-order valence-corrected chi connectivity index (χ2v) is 7.82. The third kappa shape index (κ3) is 3.91. The zero-order valence-electron chi connectivity index (χ0n) is 13.4. The Kier molecular flexibility index (Phi) is 4.82. The number of pyridine rings is 1. The molecule has 0 radical (unpaired) electrons. The van der Waals surface area contributed by atoms with Crippen molar-refractivity contribution in [2.75, 3.05) is 13.1 Å². The Labute approximate surface area is 141 Å². The number of hydrogen-bond acceptors (Lipinski definition) is 4. The lowest BCUT2D eigenvalue weighted by Gasteiger charge is -2.17. The van der Waals surface area contributed by atoms with Crippen molar-refractivity contribution in [1.29, 1.82) is 0 Å². The van der Waals surface area contributed by atoms with E-state index in [0.29, 0.717) is 18.8 Å². The van der Waals surface area contributed by atoms with Crippen molar-refractivity contribution in [3.63, 3.8) is 0 Å². The average molecular weight is 350 g/mol. The fourth-order valence-corrected chi connectivity index (χ4v) is 4.29. The Morgan fingerprint density at radius 3 is 2.79 bits per heavy atom. The van der Waals surface area contributed by atoms with E-state index in [9.17, 15) is 12.8 Å². The van der Waals surface area contributed by atoms with Crippen molar-refractivity contribution in [3.05, 3.63) is 59.5 Å². The molecule has 128 valence electrons. The minimum absolute atomic E-state index is 0.183. The Hall–Kier alpha value is -1.99. The molecule has 1 aromatic heterocycles. The van der Waals surface area contributed by atoms with Crippen molar-refractivity contribution < 1.29 is 17.5 Å². The fourth-order valence-electron chi connectivity index (χ4n) is 2.70. The van der Waals surface area contributed by atoms with Crippen LogP contribution in [0.2, 0.25) is 0 Å². The van der Waals surface area contributed by atoms with E-state index >= 15 is 0 Å². The Bertz CT molecular complexity index is 826. The molecule has 1 fully saturated rings. The lowest BCUT2D eigenvalue weighted by atomic mass is 10.2. The molecule has 3 rings (SSSR count). The summed E-state index contributed by atoms with van der Waals surface area (Å²) in [4.78, 5) is 4.26. The Morgan fingerprint density at radius 1 is 1.25 bits per heavy atom. The lowest BCUT2D eigenvalue weighted by Crippen LogP contribution is -2.32. The molecule has 0 spiro atoms. The van der Waals surface area contributed by atoms with Crippen LogP contribution in [0.15, 0.2) is 42.5 Å². The summed E-state index contributed by atoms with van der Waals surface area (Å²) in [6.45, 7) is 2.49. The van der Waals surface area contributed by atoms with Gasteiger partial charge in [-0.2, -0.15) is 4.31 Å². The van der Waals surface area contributed by atoms with Gasteiger partial charge in [0.05, 0.1) is 12.3 Å². The predicted octanol–water partition coefficient (Wildman–Crippen LogP) is 2.51. The van der Waals surface area contributed by atoms with Crippen molar-refractivity contribution in [2.45, 2.75) is 25.2 Å². The second-order valence-electron chi connectivity index (χ2n) is 5.85. The molecule has 1 saturated heterocycles. The van der Waals surface area contributed by atoms with Gasteiger partial charge in [0, 0.05) is 23.9 Å². The van der Waals surface area contributed by atoms with Crippen LogP contribution in [0.25, 0.3) is 0 Å². The van der Waals surface area contributed by atoms with Gasteiger partial charge in [0.2, 0.25) is 15.9 Å². The number of aromatic nitrogens is 1. The largest absolute Gasteiger partial charge is 0.473 e. The molecule has 1 aromatic carbocycles. The first-order valence-electron chi connectivity index (χ1n) is 7.75. The highest BCUT2D eigenvalue weighted by Crippen LogP contribution is 2.22. The van der Waals surface area contributed by atoms with Crippen LogP contribution in [-0.4, -0.2) is 36.9 Å². The third-order valence-corrected chi connectivity index (χ3v) is 5.74. The number of sulfonamides is 1. The highest BCUT2D eigenvalue weighted by atomic mass is 32.2. The van der Waals surface area contributed by atoms with Crippen LogP contribution in [0.5, 0.6) is 5.88 Å². The number of benzene rings is 1. The molecule has 24 heavy (non-hydrogen) atoms. The van der Waals surface area contributed by atoms with E-state index < -0.39 is 15.8 Å².